The Morgan fingerprint density at radius 3 is 2.67 bits per heavy atom. The number of aliphatic hydroxyl groups is 1. The average Bonchev–Trinajstić information content (AvgIpc) is 2.39. The highest BCUT2D eigenvalue weighted by molar-refractivity contribution is 14.1. The van der Waals surface area contributed by atoms with Gasteiger partial charge in [0.25, 0.3) is 0 Å². The molecule has 0 fully saturated rings. The van der Waals surface area contributed by atoms with Crippen LogP contribution in [0.5, 0.6) is 0 Å². The summed E-state index contributed by atoms with van der Waals surface area (Å²) in [5.74, 6) is 0.523. The van der Waals surface area contributed by atoms with Crippen LogP contribution in [0.4, 0.5) is 0 Å². The van der Waals surface area contributed by atoms with Crippen LogP contribution in [0.1, 0.15) is 31.9 Å². The molecule has 0 saturated carbocycles. The van der Waals surface area contributed by atoms with Crippen molar-refractivity contribution in [3.05, 3.63) is 32.9 Å². The Morgan fingerprint density at radius 2 is 2.05 bits per heavy atom. The maximum Gasteiger partial charge on any atom is 0.216 e. The molecule has 3 N–H and O–H groups in total. The molecular formula is C16H25IN2O2. The van der Waals surface area contributed by atoms with E-state index < -0.39 is 6.10 Å². The van der Waals surface area contributed by atoms with Gasteiger partial charge in [-0.15, -0.1) is 0 Å². The van der Waals surface area contributed by atoms with Gasteiger partial charge < -0.3 is 15.7 Å². The molecule has 1 aromatic carbocycles. The van der Waals surface area contributed by atoms with Gasteiger partial charge in [-0.05, 0) is 52.1 Å². The number of nitrogens with one attached hydrogen (secondary N) is 2. The largest absolute Gasteiger partial charge is 0.390 e. The SMILES string of the molecule is CC(=O)NCC(O)CNCc1cc(CC(C)C)ccc1I. The van der Waals surface area contributed by atoms with Gasteiger partial charge in [0, 0.05) is 30.1 Å². The smallest absolute Gasteiger partial charge is 0.216 e. The van der Waals surface area contributed by atoms with Gasteiger partial charge in [0.05, 0.1) is 6.10 Å². The Morgan fingerprint density at radius 1 is 1.33 bits per heavy atom. The van der Waals surface area contributed by atoms with E-state index in [0.717, 1.165) is 13.0 Å². The Hall–Kier alpha value is -0.660. The molecule has 1 unspecified atom stereocenters. The lowest BCUT2D eigenvalue weighted by atomic mass is 10.0. The summed E-state index contributed by atoms with van der Waals surface area (Å²) in [6.45, 7) is 7.35. The third kappa shape index (κ3) is 7.78. The number of halogens is 1. The number of amides is 1. The van der Waals surface area contributed by atoms with Crippen LogP contribution >= 0.6 is 22.6 Å². The van der Waals surface area contributed by atoms with E-state index in [4.69, 9.17) is 0 Å². The summed E-state index contributed by atoms with van der Waals surface area (Å²) < 4.78 is 1.23. The second kappa shape index (κ2) is 9.38. The normalized spacial score (nSPS) is 12.5. The first-order chi connectivity index (χ1) is 9.88. The van der Waals surface area contributed by atoms with Gasteiger partial charge in [0.1, 0.15) is 0 Å². The molecule has 1 rings (SSSR count). The molecule has 1 atom stereocenters. The molecule has 1 amide bonds. The lowest BCUT2D eigenvalue weighted by Crippen LogP contribution is -2.37. The fraction of sp³-hybridized carbons (Fsp3) is 0.562. The summed E-state index contributed by atoms with van der Waals surface area (Å²) in [5.41, 5.74) is 2.60. The molecule has 21 heavy (non-hydrogen) atoms. The summed E-state index contributed by atoms with van der Waals surface area (Å²) in [4.78, 5) is 10.8. The summed E-state index contributed by atoms with van der Waals surface area (Å²) in [6.07, 6.45) is 0.514. The molecule has 0 heterocycles. The molecular weight excluding hydrogens is 379 g/mol. The minimum atomic E-state index is -0.564. The summed E-state index contributed by atoms with van der Waals surface area (Å²) in [6, 6.07) is 6.55. The van der Waals surface area contributed by atoms with Crippen molar-refractivity contribution in [3.63, 3.8) is 0 Å². The van der Waals surface area contributed by atoms with Crippen molar-refractivity contribution < 1.29 is 9.90 Å². The van der Waals surface area contributed by atoms with E-state index in [2.05, 4.69) is 65.3 Å². The molecule has 0 radical (unpaired) electrons. The zero-order valence-electron chi connectivity index (χ0n) is 12.9. The number of hydrogen-bond donors (Lipinski definition) is 3. The van der Waals surface area contributed by atoms with Gasteiger partial charge in [0.15, 0.2) is 0 Å². The van der Waals surface area contributed by atoms with Crippen molar-refractivity contribution in [1.29, 1.82) is 0 Å². The lowest BCUT2D eigenvalue weighted by Gasteiger charge is -2.14. The van der Waals surface area contributed by atoms with Crippen LogP contribution in [0.2, 0.25) is 0 Å². The highest BCUT2D eigenvalue weighted by Crippen LogP contribution is 2.17. The molecule has 118 valence electrons. The van der Waals surface area contributed by atoms with Gasteiger partial charge in [-0.1, -0.05) is 26.0 Å². The molecule has 0 aliphatic heterocycles. The standard InChI is InChI=1S/C16H25IN2O2/c1-11(2)6-13-4-5-16(17)14(7-13)8-18-9-15(21)10-19-12(3)20/h4-5,7,11,15,18,21H,6,8-10H2,1-3H3,(H,19,20). The molecule has 1 aromatic rings. The molecule has 0 aliphatic rings. The van der Waals surface area contributed by atoms with E-state index in [1.165, 1.54) is 21.6 Å². The van der Waals surface area contributed by atoms with Crippen molar-refractivity contribution >= 4 is 28.5 Å². The van der Waals surface area contributed by atoms with Gasteiger partial charge in [0.2, 0.25) is 5.91 Å². The molecule has 0 saturated heterocycles. The van der Waals surface area contributed by atoms with Gasteiger partial charge in [-0.25, -0.2) is 0 Å². The molecule has 5 heteroatoms. The Kier molecular flexibility index (Phi) is 8.21. The van der Waals surface area contributed by atoms with Crippen LogP contribution in [-0.4, -0.2) is 30.2 Å². The van der Waals surface area contributed by atoms with E-state index in [1.807, 2.05) is 0 Å². The van der Waals surface area contributed by atoms with E-state index in [-0.39, 0.29) is 12.5 Å². The van der Waals surface area contributed by atoms with Crippen molar-refractivity contribution in [2.24, 2.45) is 5.92 Å². The fourth-order valence-electron chi connectivity index (χ4n) is 2.07. The van der Waals surface area contributed by atoms with Crippen LogP contribution in [-0.2, 0) is 17.8 Å². The summed E-state index contributed by atoms with van der Waals surface area (Å²) in [7, 11) is 0. The topological polar surface area (TPSA) is 61.4 Å². The van der Waals surface area contributed by atoms with Crippen LogP contribution in [0.25, 0.3) is 0 Å². The second-order valence-corrected chi connectivity index (χ2v) is 6.91. The highest BCUT2D eigenvalue weighted by Gasteiger charge is 2.07. The maximum atomic E-state index is 10.8. The summed E-state index contributed by atoms with van der Waals surface area (Å²) in [5, 5.41) is 15.6. The van der Waals surface area contributed by atoms with E-state index in [1.54, 1.807) is 0 Å². The summed E-state index contributed by atoms with van der Waals surface area (Å²) >= 11 is 2.33. The average molecular weight is 404 g/mol. The zero-order chi connectivity index (χ0) is 15.8. The maximum absolute atomic E-state index is 10.8. The number of carbonyl (C=O) groups is 1. The zero-order valence-corrected chi connectivity index (χ0v) is 15.1. The molecule has 0 aliphatic carbocycles. The fourth-order valence-corrected chi connectivity index (χ4v) is 2.60. The molecule has 4 nitrogen and oxygen atoms in total. The van der Waals surface area contributed by atoms with Crippen molar-refractivity contribution in [1.82, 2.24) is 10.6 Å². The molecule has 0 bridgehead atoms. The highest BCUT2D eigenvalue weighted by atomic mass is 127. The minimum Gasteiger partial charge on any atom is -0.390 e. The van der Waals surface area contributed by atoms with E-state index in [9.17, 15) is 9.90 Å². The number of hydrogen-bond acceptors (Lipinski definition) is 3. The second-order valence-electron chi connectivity index (χ2n) is 5.75. The van der Waals surface area contributed by atoms with Gasteiger partial charge >= 0.3 is 0 Å². The van der Waals surface area contributed by atoms with Crippen molar-refractivity contribution in [2.75, 3.05) is 13.1 Å². The molecule has 0 spiro atoms. The van der Waals surface area contributed by atoms with Crippen LogP contribution < -0.4 is 10.6 Å². The quantitative estimate of drug-likeness (QED) is 0.582. The first-order valence-corrected chi connectivity index (χ1v) is 8.37. The Balaban J connectivity index is 2.45. The van der Waals surface area contributed by atoms with Crippen LogP contribution in [0.15, 0.2) is 18.2 Å². The third-order valence-electron chi connectivity index (χ3n) is 3.04. The predicted octanol–water partition coefficient (Wildman–Crippen LogP) is 2.08. The number of aliphatic hydroxyl groups excluding tert-OH is 1. The first-order valence-electron chi connectivity index (χ1n) is 7.29. The first kappa shape index (κ1) is 18.4. The number of carbonyl (C=O) groups excluding carboxylic acids is 1. The van der Waals surface area contributed by atoms with Crippen LogP contribution in [0, 0.1) is 9.49 Å². The Bertz CT molecular complexity index is 464. The molecule has 0 aromatic heterocycles. The third-order valence-corrected chi connectivity index (χ3v) is 4.09. The Labute approximate surface area is 140 Å². The van der Waals surface area contributed by atoms with E-state index in [0.29, 0.717) is 12.5 Å². The van der Waals surface area contributed by atoms with E-state index >= 15 is 0 Å². The number of rotatable bonds is 8. The lowest BCUT2D eigenvalue weighted by molar-refractivity contribution is -0.119. The predicted molar refractivity (Wildman–Crippen MR) is 94.1 cm³/mol. The van der Waals surface area contributed by atoms with Gasteiger partial charge in [-0.3, -0.25) is 4.79 Å². The monoisotopic (exact) mass is 404 g/mol. The van der Waals surface area contributed by atoms with Crippen LogP contribution in [0.3, 0.4) is 0 Å². The minimum absolute atomic E-state index is 0.120. The number of benzene rings is 1. The van der Waals surface area contributed by atoms with Gasteiger partial charge in [-0.2, -0.15) is 0 Å². The van der Waals surface area contributed by atoms with Crippen molar-refractivity contribution in [3.8, 4) is 0 Å². The van der Waals surface area contributed by atoms with Crippen molar-refractivity contribution in [2.45, 2.75) is 39.8 Å².